The molecule has 0 saturated heterocycles. The number of aliphatic imine (C=N–C) groups is 1. The lowest BCUT2D eigenvalue weighted by Gasteiger charge is -2.63. The second-order valence-corrected chi connectivity index (χ2v) is 10.2. The number of hydrogen-bond donors (Lipinski definition) is 0. The van der Waals surface area contributed by atoms with Gasteiger partial charge in [0, 0.05) is 25.2 Å². The van der Waals surface area contributed by atoms with Crippen LogP contribution in [0.4, 0.5) is 0 Å². The fraction of sp³-hybridized carbons (Fsp3) is 0.864. The molecule has 27 heavy (non-hydrogen) atoms. The SMILES string of the molecule is CC(=O)O[C@H]1CC[C@H]2[C@@H]3CC[C@]4(N=C=S)CC(=O)CC[C@]4(C)[C@H]3CC[C@]12C. The molecule has 4 aliphatic carbocycles. The number of hydrogen-bond acceptors (Lipinski definition) is 5. The van der Waals surface area contributed by atoms with E-state index in [1.54, 1.807) is 0 Å². The van der Waals surface area contributed by atoms with E-state index in [-0.39, 0.29) is 28.4 Å². The standard InChI is InChI=1S/C22H31NO3S/c1-14(24)26-19-5-4-17-16-7-11-22(23-13-27)12-15(25)6-10-21(22,3)18(16)8-9-20(17,19)2/h16-19H,4-12H2,1-3H3/t16-,17-,18-,19-,20-,21+,22-/m0/s1. The zero-order valence-corrected chi connectivity index (χ0v) is 17.6. The number of nitrogens with zero attached hydrogens (tertiary/aromatic N) is 1. The van der Waals surface area contributed by atoms with E-state index >= 15 is 0 Å². The molecule has 4 saturated carbocycles. The molecule has 0 heterocycles. The van der Waals surface area contributed by atoms with Crippen molar-refractivity contribution in [1.29, 1.82) is 0 Å². The molecule has 0 aromatic heterocycles. The Balaban J connectivity index is 1.67. The number of fused-ring (bicyclic) bond motifs is 5. The van der Waals surface area contributed by atoms with Gasteiger partial charge in [0.2, 0.25) is 0 Å². The average Bonchev–Trinajstić information content (AvgIpc) is 2.92. The van der Waals surface area contributed by atoms with Crippen molar-refractivity contribution in [3.63, 3.8) is 0 Å². The Morgan fingerprint density at radius 3 is 2.63 bits per heavy atom. The van der Waals surface area contributed by atoms with Crippen molar-refractivity contribution in [2.24, 2.45) is 33.6 Å². The summed E-state index contributed by atoms with van der Waals surface area (Å²) in [4.78, 5) is 28.6. The summed E-state index contributed by atoms with van der Waals surface area (Å²) in [5.74, 6) is 1.98. The van der Waals surface area contributed by atoms with E-state index in [0.29, 0.717) is 36.4 Å². The van der Waals surface area contributed by atoms with Gasteiger partial charge in [0.25, 0.3) is 0 Å². The van der Waals surface area contributed by atoms with Crippen molar-refractivity contribution >= 4 is 29.1 Å². The summed E-state index contributed by atoms with van der Waals surface area (Å²) in [5.41, 5.74) is -0.218. The van der Waals surface area contributed by atoms with Gasteiger partial charge in [-0.05, 0) is 80.3 Å². The van der Waals surface area contributed by atoms with Crippen LogP contribution in [-0.2, 0) is 14.3 Å². The van der Waals surface area contributed by atoms with Crippen molar-refractivity contribution < 1.29 is 14.3 Å². The average molecular weight is 390 g/mol. The van der Waals surface area contributed by atoms with E-state index in [0.717, 1.165) is 44.9 Å². The van der Waals surface area contributed by atoms with Crippen molar-refractivity contribution in [3.05, 3.63) is 0 Å². The van der Waals surface area contributed by atoms with Crippen LogP contribution in [0.25, 0.3) is 0 Å². The minimum Gasteiger partial charge on any atom is -0.462 e. The number of ketones is 1. The fourth-order valence-corrected chi connectivity index (χ4v) is 7.87. The molecule has 0 aliphatic heterocycles. The Kier molecular flexibility index (Phi) is 4.63. The summed E-state index contributed by atoms with van der Waals surface area (Å²) >= 11 is 5.00. The second-order valence-electron chi connectivity index (χ2n) is 10.0. The molecule has 0 bridgehead atoms. The lowest BCUT2D eigenvalue weighted by atomic mass is 9.43. The molecule has 4 fully saturated rings. The first-order valence-corrected chi connectivity index (χ1v) is 10.9. The van der Waals surface area contributed by atoms with Gasteiger partial charge in [0.05, 0.1) is 10.7 Å². The topological polar surface area (TPSA) is 55.7 Å². The van der Waals surface area contributed by atoms with Crippen molar-refractivity contribution in [3.8, 4) is 0 Å². The molecule has 0 aromatic carbocycles. The van der Waals surface area contributed by atoms with E-state index in [2.05, 4.69) is 24.0 Å². The van der Waals surface area contributed by atoms with Crippen molar-refractivity contribution in [2.75, 3.05) is 0 Å². The van der Waals surface area contributed by atoms with Gasteiger partial charge in [-0.3, -0.25) is 9.59 Å². The number of thiocarbonyl (C=S) groups is 1. The van der Waals surface area contributed by atoms with Crippen LogP contribution in [0.15, 0.2) is 4.99 Å². The first-order valence-electron chi connectivity index (χ1n) is 10.5. The maximum absolute atomic E-state index is 12.3. The Morgan fingerprint density at radius 1 is 1.15 bits per heavy atom. The molecular weight excluding hydrogens is 358 g/mol. The zero-order chi connectivity index (χ0) is 19.4. The van der Waals surface area contributed by atoms with Crippen LogP contribution >= 0.6 is 12.2 Å². The lowest BCUT2D eigenvalue weighted by Crippen LogP contribution is -2.61. The quantitative estimate of drug-likeness (QED) is 0.388. The van der Waals surface area contributed by atoms with Crippen LogP contribution in [-0.4, -0.2) is 28.6 Å². The van der Waals surface area contributed by atoms with Gasteiger partial charge < -0.3 is 4.74 Å². The van der Waals surface area contributed by atoms with E-state index in [1.807, 2.05) is 0 Å². The summed E-state index contributed by atoms with van der Waals surface area (Å²) in [6.07, 6.45) is 8.59. The Bertz CT molecular complexity index is 716. The number of carbonyl (C=O) groups excluding carboxylic acids is 2. The third-order valence-corrected chi connectivity index (χ3v) is 9.19. The van der Waals surface area contributed by atoms with Gasteiger partial charge in [-0.15, -0.1) is 0 Å². The molecule has 0 radical (unpaired) electrons. The predicted molar refractivity (Wildman–Crippen MR) is 107 cm³/mol. The first-order chi connectivity index (χ1) is 12.8. The smallest absolute Gasteiger partial charge is 0.302 e. The molecule has 0 unspecified atom stereocenters. The highest BCUT2D eigenvalue weighted by atomic mass is 32.1. The fourth-order valence-electron chi connectivity index (χ4n) is 7.70. The van der Waals surface area contributed by atoms with E-state index in [9.17, 15) is 9.59 Å². The molecule has 148 valence electrons. The number of isothiocyanates is 1. The van der Waals surface area contributed by atoms with Gasteiger partial charge in [0.15, 0.2) is 0 Å². The number of carbonyl (C=O) groups is 2. The van der Waals surface area contributed by atoms with Gasteiger partial charge in [-0.25, -0.2) is 4.99 Å². The second kappa shape index (κ2) is 6.49. The molecule has 4 rings (SSSR count). The molecular formula is C22H31NO3S. The molecule has 4 nitrogen and oxygen atoms in total. The highest BCUT2D eigenvalue weighted by molar-refractivity contribution is 7.78. The molecule has 4 aliphatic rings. The number of esters is 1. The Morgan fingerprint density at radius 2 is 1.93 bits per heavy atom. The Hall–Kier alpha value is -1.06. The molecule has 0 amide bonds. The normalized spacial score (nSPS) is 48.6. The van der Waals surface area contributed by atoms with Gasteiger partial charge in [0.1, 0.15) is 11.9 Å². The van der Waals surface area contributed by atoms with Crippen LogP contribution in [0.2, 0.25) is 0 Å². The maximum atomic E-state index is 12.3. The Labute approximate surface area is 167 Å². The van der Waals surface area contributed by atoms with Crippen LogP contribution in [0.1, 0.15) is 78.6 Å². The minimum atomic E-state index is -0.340. The van der Waals surface area contributed by atoms with Crippen molar-refractivity contribution in [1.82, 2.24) is 0 Å². The number of ether oxygens (including phenoxy) is 1. The van der Waals surface area contributed by atoms with E-state index < -0.39 is 0 Å². The van der Waals surface area contributed by atoms with Crippen LogP contribution < -0.4 is 0 Å². The third-order valence-electron chi connectivity index (χ3n) is 9.10. The highest BCUT2D eigenvalue weighted by Crippen LogP contribution is 2.68. The summed E-state index contributed by atoms with van der Waals surface area (Å²) in [5, 5.41) is 2.65. The lowest BCUT2D eigenvalue weighted by molar-refractivity contribution is -0.163. The highest BCUT2D eigenvalue weighted by Gasteiger charge is 2.65. The van der Waals surface area contributed by atoms with Crippen molar-refractivity contribution in [2.45, 2.75) is 90.2 Å². The van der Waals surface area contributed by atoms with Gasteiger partial charge in [-0.1, -0.05) is 13.8 Å². The summed E-state index contributed by atoms with van der Waals surface area (Å²) < 4.78 is 5.74. The molecule has 0 spiro atoms. The third kappa shape index (κ3) is 2.68. The van der Waals surface area contributed by atoms with Gasteiger partial charge >= 0.3 is 5.97 Å². The largest absolute Gasteiger partial charge is 0.462 e. The van der Waals surface area contributed by atoms with Gasteiger partial charge in [-0.2, -0.15) is 0 Å². The van der Waals surface area contributed by atoms with E-state index in [4.69, 9.17) is 17.0 Å². The molecule has 0 aromatic rings. The zero-order valence-electron chi connectivity index (χ0n) is 16.8. The predicted octanol–water partition coefficient (Wildman–Crippen LogP) is 4.76. The summed E-state index contributed by atoms with van der Waals surface area (Å²) in [6, 6.07) is 0. The summed E-state index contributed by atoms with van der Waals surface area (Å²) in [7, 11) is 0. The van der Waals surface area contributed by atoms with E-state index in [1.165, 1.54) is 6.92 Å². The molecule has 0 N–H and O–H groups in total. The van der Waals surface area contributed by atoms with Crippen LogP contribution in [0.5, 0.6) is 0 Å². The minimum absolute atomic E-state index is 0.0243. The van der Waals surface area contributed by atoms with Crippen LogP contribution in [0.3, 0.4) is 0 Å². The van der Waals surface area contributed by atoms with Crippen LogP contribution in [0, 0.1) is 28.6 Å². The number of Topliss-reactive ketones (excluding diaryl/α,β-unsaturated/α-hetero) is 1. The monoisotopic (exact) mass is 389 g/mol. The summed E-state index contributed by atoms with van der Waals surface area (Å²) in [6.45, 7) is 6.24. The molecule has 7 atom stereocenters. The first kappa shape index (κ1) is 19.3. The molecule has 5 heteroatoms. The number of rotatable bonds is 2. The maximum Gasteiger partial charge on any atom is 0.302 e.